The SMILES string of the molecule is O=c1[nH]c2cc(-c3ccccc3Cl)ccc2c(=O)n1-c1cncc(C(F)(F)F)c1. The van der Waals surface area contributed by atoms with Crippen molar-refractivity contribution in [1.82, 2.24) is 14.5 Å². The molecule has 2 aromatic carbocycles. The summed E-state index contributed by atoms with van der Waals surface area (Å²) in [5, 5.41) is 0.635. The molecule has 0 aliphatic heterocycles. The summed E-state index contributed by atoms with van der Waals surface area (Å²) in [6, 6.07) is 12.5. The first-order valence-electron chi connectivity index (χ1n) is 8.32. The third kappa shape index (κ3) is 3.42. The van der Waals surface area contributed by atoms with E-state index < -0.39 is 23.0 Å². The Morgan fingerprint density at radius 2 is 1.76 bits per heavy atom. The number of nitrogens with one attached hydrogen (secondary N) is 1. The van der Waals surface area contributed by atoms with Crippen molar-refractivity contribution in [3.8, 4) is 16.8 Å². The predicted octanol–water partition coefficient (Wildman–Crippen LogP) is 4.41. The second-order valence-corrected chi connectivity index (χ2v) is 6.65. The van der Waals surface area contributed by atoms with Crippen molar-refractivity contribution >= 4 is 22.5 Å². The lowest BCUT2D eigenvalue weighted by Gasteiger charge is -2.11. The van der Waals surface area contributed by atoms with E-state index in [9.17, 15) is 22.8 Å². The van der Waals surface area contributed by atoms with Gasteiger partial charge in [0.2, 0.25) is 0 Å². The quantitative estimate of drug-likeness (QED) is 0.525. The lowest BCUT2D eigenvalue weighted by molar-refractivity contribution is -0.137. The number of rotatable bonds is 2. The number of benzene rings is 2. The van der Waals surface area contributed by atoms with Crippen LogP contribution in [0, 0.1) is 0 Å². The van der Waals surface area contributed by atoms with Crippen molar-refractivity contribution in [2.45, 2.75) is 6.18 Å². The molecule has 0 saturated carbocycles. The fraction of sp³-hybridized carbons (Fsp3) is 0.0500. The van der Waals surface area contributed by atoms with Gasteiger partial charge in [-0.25, -0.2) is 9.36 Å². The minimum absolute atomic E-state index is 0.137. The minimum atomic E-state index is -4.65. The van der Waals surface area contributed by atoms with E-state index in [1.807, 2.05) is 0 Å². The molecule has 0 spiro atoms. The van der Waals surface area contributed by atoms with Crippen LogP contribution in [0.4, 0.5) is 13.2 Å². The standard InChI is InChI=1S/C20H11ClF3N3O2/c21-16-4-2-1-3-14(16)11-5-6-15-17(7-11)26-19(29)27(18(15)28)13-8-12(9-25-10-13)20(22,23)24/h1-10H,(H,26,29). The zero-order valence-corrected chi connectivity index (χ0v) is 15.3. The largest absolute Gasteiger partial charge is 0.417 e. The second-order valence-electron chi connectivity index (χ2n) is 6.24. The van der Waals surface area contributed by atoms with E-state index in [0.717, 1.165) is 6.20 Å². The van der Waals surface area contributed by atoms with Crippen molar-refractivity contribution in [2.75, 3.05) is 0 Å². The average Bonchev–Trinajstić information content (AvgIpc) is 2.67. The molecular formula is C20H11ClF3N3O2. The van der Waals surface area contributed by atoms with Crippen LogP contribution in [0.2, 0.25) is 5.02 Å². The fourth-order valence-corrected chi connectivity index (χ4v) is 3.27. The van der Waals surface area contributed by atoms with Crippen LogP contribution in [0.3, 0.4) is 0 Å². The van der Waals surface area contributed by atoms with Crippen LogP contribution in [-0.4, -0.2) is 14.5 Å². The molecule has 0 saturated heterocycles. The van der Waals surface area contributed by atoms with Gasteiger partial charge in [0.05, 0.1) is 28.4 Å². The number of fused-ring (bicyclic) bond motifs is 1. The summed E-state index contributed by atoms with van der Waals surface area (Å²) in [6.07, 6.45) is -3.00. The van der Waals surface area contributed by atoms with Gasteiger partial charge in [0.25, 0.3) is 5.56 Å². The van der Waals surface area contributed by atoms with Gasteiger partial charge < -0.3 is 4.98 Å². The highest BCUT2D eigenvalue weighted by Crippen LogP contribution is 2.30. The summed E-state index contributed by atoms with van der Waals surface area (Å²) in [6.45, 7) is 0. The van der Waals surface area contributed by atoms with Crippen LogP contribution in [0.1, 0.15) is 5.56 Å². The fourth-order valence-electron chi connectivity index (χ4n) is 3.02. The monoisotopic (exact) mass is 417 g/mol. The molecular weight excluding hydrogens is 407 g/mol. The van der Waals surface area contributed by atoms with Gasteiger partial charge >= 0.3 is 11.9 Å². The third-order valence-corrected chi connectivity index (χ3v) is 4.72. The lowest BCUT2D eigenvalue weighted by Crippen LogP contribution is -2.33. The molecule has 0 fully saturated rings. The Morgan fingerprint density at radius 3 is 2.48 bits per heavy atom. The Kier molecular flexibility index (Phi) is 4.50. The topological polar surface area (TPSA) is 67.8 Å². The molecule has 0 amide bonds. The molecule has 4 rings (SSSR count). The van der Waals surface area contributed by atoms with E-state index in [0.29, 0.717) is 33.0 Å². The number of aromatic nitrogens is 3. The van der Waals surface area contributed by atoms with Crippen molar-refractivity contribution in [1.29, 1.82) is 0 Å². The molecule has 0 unspecified atom stereocenters. The molecule has 0 radical (unpaired) electrons. The third-order valence-electron chi connectivity index (χ3n) is 4.39. The number of alkyl halides is 3. The van der Waals surface area contributed by atoms with E-state index in [1.165, 1.54) is 6.07 Å². The van der Waals surface area contributed by atoms with E-state index >= 15 is 0 Å². The Balaban J connectivity index is 1.91. The number of aromatic amines is 1. The first-order valence-corrected chi connectivity index (χ1v) is 8.70. The number of pyridine rings is 1. The summed E-state index contributed by atoms with van der Waals surface area (Å²) in [4.78, 5) is 31.4. The van der Waals surface area contributed by atoms with Gasteiger partial charge in [-0.05, 0) is 29.8 Å². The molecule has 4 aromatic rings. The van der Waals surface area contributed by atoms with Gasteiger partial charge in [0.1, 0.15) is 0 Å². The number of halogens is 4. The van der Waals surface area contributed by atoms with Crippen LogP contribution < -0.4 is 11.2 Å². The summed E-state index contributed by atoms with van der Waals surface area (Å²) < 4.78 is 39.5. The maximum Gasteiger partial charge on any atom is 0.417 e. The Morgan fingerprint density at radius 1 is 1.00 bits per heavy atom. The summed E-state index contributed by atoms with van der Waals surface area (Å²) in [5.74, 6) is 0. The first kappa shape index (κ1) is 18.9. The molecule has 2 aromatic heterocycles. The summed E-state index contributed by atoms with van der Waals surface area (Å²) in [7, 11) is 0. The van der Waals surface area contributed by atoms with E-state index in [1.54, 1.807) is 36.4 Å². The Hall–Kier alpha value is -3.39. The van der Waals surface area contributed by atoms with Gasteiger partial charge in [-0.1, -0.05) is 35.9 Å². The zero-order valence-electron chi connectivity index (χ0n) is 14.5. The van der Waals surface area contributed by atoms with Crippen LogP contribution in [0.5, 0.6) is 0 Å². The van der Waals surface area contributed by atoms with Crippen LogP contribution in [0.15, 0.2) is 70.5 Å². The minimum Gasteiger partial charge on any atom is -0.306 e. The summed E-state index contributed by atoms with van der Waals surface area (Å²) >= 11 is 6.19. The van der Waals surface area contributed by atoms with E-state index in [2.05, 4.69) is 9.97 Å². The van der Waals surface area contributed by atoms with Crippen molar-refractivity contribution in [3.63, 3.8) is 0 Å². The van der Waals surface area contributed by atoms with Gasteiger partial charge in [0.15, 0.2) is 0 Å². The normalized spacial score (nSPS) is 11.7. The highest BCUT2D eigenvalue weighted by molar-refractivity contribution is 6.33. The number of nitrogens with zero attached hydrogens (tertiary/aromatic N) is 2. The second kappa shape index (κ2) is 6.89. The average molecular weight is 418 g/mol. The number of hydrogen-bond acceptors (Lipinski definition) is 3. The zero-order chi connectivity index (χ0) is 20.8. The molecule has 0 aliphatic carbocycles. The molecule has 0 atom stereocenters. The van der Waals surface area contributed by atoms with Crippen LogP contribution >= 0.6 is 11.6 Å². The van der Waals surface area contributed by atoms with Gasteiger partial charge in [-0.2, -0.15) is 13.2 Å². The van der Waals surface area contributed by atoms with E-state index in [-0.39, 0.29) is 16.6 Å². The Labute approximate surface area is 166 Å². The van der Waals surface area contributed by atoms with Gasteiger partial charge in [-0.15, -0.1) is 0 Å². The predicted molar refractivity (Wildman–Crippen MR) is 103 cm³/mol. The summed E-state index contributed by atoms with van der Waals surface area (Å²) in [5.41, 5.74) is -1.33. The maximum absolute atomic E-state index is 13.0. The Bertz CT molecular complexity index is 1360. The maximum atomic E-state index is 13.0. The van der Waals surface area contributed by atoms with Crippen molar-refractivity contribution in [2.24, 2.45) is 0 Å². The molecule has 0 bridgehead atoms. The highest BCUT2D eigenvalue weighted by atomic mass is 35.5. The molecule has 2 heterocycles. The number of H-pyrrole nitrogens is 1. The van der Waals surface area contributed by atoms with Gasteiger partial charge in [0, 0.05) is 16.8 Å². The molecule has 1 N–H and O–H groups in total. The van der Waals surface area contributed by atoms with Crippen LogP contribution in [-0.2, 0) is 6.18 Å². The van der Waals surface area contributed by atoms with Crippen molar-refractivity contribution < 1.29 is 13.2 Å². The molecule has 29 heavy (non-hydrogen) atoms. The first-order chi connectivity index (χ1) is 13.8. The number of hydrogen-bond donors (Lipinski definition) is 1. The molecule has 0 aliphatic rings. The molecule has 146 valence electrons. The van der Waals surface area contributed by atoms with Crippen LogP contribution in [0.25, 0.3) is 27.7 Å². The highest BCUT2D eigenvalue weighted by Gasteiger charge is 2.31. The van der Waals surface area contributed by atoms with Crippen molar-refractivity contribution in [3.05, 3.63) is 92.3 Å². The molecule has 5 nitrogen and oxygen atoms in total. The van der Waals surface area contributed by atoms with E-state index in [4.69, 9.17) is 11.6 Å². The lowest BCUT2D eigenvalue weighted by atomic mass is 10.0. The van der Waals surface area contributed by atoms with Gasteiger partial charge in [-0.3, -0.25) is 9.78 Å². The smallest absolute Gasteiger partial charge is 0.306 e. The molecule has 9 heteroatoms.